The van der Waals surface area contributed by atoms with Crippen molar-refractivity contribution in [2.24, 2.45) is 5.92 Å². The highest BCUT2D eigenvalue weighted by Gasteiger charge is 2.15. The Hall–Kier alpha value is -0.970. The summed E-state index contributed by atoms with van der Waals surface area (Å²) in [4.78, 5) is 15.7. The minimum atomic E-state index is 0.0474. The van der Waals surface area contributed by atoms with E-state index in [2.05, 4.69) is 14.7 Å². The fourth-order valence-electron chi connectivity index (χ4n) is 1.21. The standard InChI is InChI=1S/C9H15N3OS/c1-4-7(5-2)8(13)11-9-10-6(3)12-14-9/h7H,4-5H2,1-3H3,(H,10,11,12,13). The SMILES string of the molecule is CCC(CC)C(=O)Nc1nc(C)ns1. The van der Waals surface area contributed by atoms with Crippen molar-refractivity contribution in [2.75, 3.05) is 5.32 Å². The van der Waals surface area contributed by atoms with Crippen LogP contribution in [0.4, 0.5) is 5.13 Å². The molecule has 5 heteroatoms. The molecule has 0 atom stereocenters. The van der Waals surface area contributed by atoms with Crippen LogP contribution in [0.15, 0.2) is 0 Å². The molecule has 0 spiro atoms. The maximum atomic E-state index is 11.6. The Morgan fingerprint density at radius 1 is 1.50 bits per heavy atom. The van der Waals surface area contributed by atoms with Gasteiger partial charge in [0, 0.05) is 17.5 Å². The summed E-state index contributed by atoms with van der Waals surface area (Å²) in [5.74, 6) is 0.834. The largest absolute Gasteiger partial charge is 0.300 e. The zero-order chi connectivity index (χ0) is 10.6. The zero-order valence-corrected chi connectivity index (χ0v) is 9.52. The van der Waals surface area contributed by atoms with Crippen LogP contribution in [-0.2, 0) is 4.79 Å². The topological polar surface area (TPSA) is 54.9 Å². The number of hydrogen-bond donors (Lipinski definition) is 1. The van der Waals surface area contributed by atoms with Crippen LogP contribution < -0.4 is 5.32 Å². The maximum Gasteiger partial charge on any atom is 0.229 e. The molecular formula is C9H15N3OS. The Labute approximate surface area is 87.9 Å². The summed E-state index contributed by atoms with van der Waals surface area (Å²) in [5.41, 5.74) is 0. The molecule has 1 heterocycles. The summed E-state index contributed by atoms with van der Waals surface area (Å²) in [7, 11) is 0. The number of nitrogens with zero attached hydrogens (tertiary/aromatic N) is 2. The van der Waals surface area contributed by atoms with Crippen molar-refractivity contribution in [3.05, 3.63) is 5.82 Å². The Morgan fingerprint density at radius 3 is 2.57 bits per heavy atom. The molecule has 0 radical (unpaired) electrons. The van der Waals surface area contributed by atoms with Gasteiger partial charge in [0.2, 0.25) is 11.0 Å². The Balaban J connectivity index is 2.56. The molecule has 0 unspecified atom stereocenters. The second-order valence-electron chi connectivity index (χ2n) is 3.15. The minimum Gasteiger partial charge on any atom is -0.300 e. The molecule has 1 aromatic heterocycles. The number of rotatable bonds is 4. The van der Waals surface area contributed by atoms with E-state index in [4.69, 9.17) is 0 Å². The smallest absolute Gasteiger partial charge is 0.229 e. The molecule has 1 N–H and O–H groups in total. The number of aryl methyl sites for hydroxylation is 1. The fraction of sp³-hybridized carbons (Fsp3) is 0.667. The van der Waals surface area contributed by atoms with Gasteiger partial charge in [-0.05, 0) is 19.8 Å². The van der Waals surface area contributed by atoms with Crippen LogP contribution >= 0.6 is 11.5 Å². The second kappa shape index (κ2) is 5.05. The van der Waals surface area contributed by atoms with Crippen molar-refractivity contribution in [3.63, 3.8) is 0 Å². The fourth-order valence-corrected chi connectivity index (χ4v) is 1.79. The van der Waals surface area contributed by atoms with Crippen molar-refractivity contribution in [3.8, 4) is 0 Å². The van der Waals surface area contributed by atoms with Crippen molar-refractivity contribution in [1.82, 2.24) is 9.36 Å². The van der Waals surface area contributed by atoms with Gasteiger partial charge in [-0.2, -0.15) is 4.37 Å². The lowest BCUT2D eigenvalue weighted by atomic mass is 10.0. The lowest BCUT2D eigenvalue weighted by Crippen LogP contribution is -2.21. The molecule has 0 saturated heterocycles. The van der Waals surface area contributed by atoms with E-state index in [0.29, 0.717) is 11.0 Å². The van der Waals surface area contributed by atoms with E-state index < -0.39 is 0 Å². The number of nitrogens with one attached hydrogen (secondary N) is 1. The summed E-state index contributed by atoms with van der Waals surface area (Å²) >= 11 is 1.22. The molecule has 1 rings (SSSR count). The van der Waals surface area contributed by atoms with Crippen molar-refractivity contribution in [2.45, 2.75) is 33.6 Å². The average molecular weight is 213 g/mol. The number of carbonyl (C=O) groups is 1. The molecule has 0 aliphatic heterocycles. The Bertz CT molecular complexity index is 307. The first kappa shape index (κ1) is 11.1. The highest BCUT2D eigenvalue weighted by molar-refractivity contribution is 7.09. The molecule has 4 nitrogen and oxygen atoms in total. The van der Waals surface area contributed by atoms with Crippen LogP contribution in [0, 0.1) is 12.8 Å². The van der Waals surface area contributed by atoms with Gasteiger partial charge in [0.1, 0.15) is 5.82 Å². The number of amides is 1. The summed E-state index contributed by atoms with van der Waals surface area (Å²) in [6.45, 7) is 5.83. The highest BCUT2D eigenvalue weighted by atomic mass is 32.1. The predicted octanol–water partition coefficient (Wildman–Crippen LogP) is 2.22. The summed E-state index contributed by atoms with van der Waals surface area (Å²) < 4.78 is 4.00. The van der Waals surface area contributed by atoms with Gasteiger partial charge < -0.3 is 5.32 Å². The Morgan fingerprint density at radius 2 is 2.14 bits per heavy atom. The van der Waals surface area contributed by atoms with Gasteiger partial charge in [0.05, 0.1) is 0 Å². The average Bonchev–Trinajstić information content (AvgIpc) is 2.53. The monoisotopic (exact) mass is 213 g/mol. The highest BCUT2D eigenvalue weighted by Crippen LogP contribution is 2.14. The molecule has 14 heavy (non-hydrogen) atoms. The van der Waals surface area contributed by atoms with Gasteiger partial charge in [-0.25, -0.2) is 4.98 Å². The van der Waals surface area contributed by atoms with E-state index in [0.717, 1.165) is 12.8 Å². The molecule has 0 aromatic carbocycles. The molecule has 0 bridgehead atoms. The van der Waals surface area contributed by atoms with Gasteiger partial charge in [-0.3, -0.25) is 4.79 Å². The third kappa shape index (κ3) is 2.77. The number of hydrogen-bond acceptors (Lipinski definition) is 4. The predicted molar refractivity (Wildman–Crippen MR) is 57.3 cm³/mol. The summed E-state index contributed by atoms with van der Waals surface area (Å²) in [6, 6.07) is 0. The van der Waals surface area contributed by atoms with Crippen LogP contribution in [0.25, 0.3) is 0 Å². The zero-order valence-electron chi connectivity index (χ0n) is 8.70. The summed E-state index contributed by atoms with van der Waals surface area (Å²) in [5, 5.41) is 3.37. The van der Waals surface area contributed by atoms with Crippen LogP contribution in [0.5, 0.6) is 0 Å². The van der Waals surface area contributed by atoms with Crippen molar-refractivity contribution < 1.29 is 4.79 Å². The Kier molecular flexibility index (Phi) is 4.00. The van der Waals surface area contributed by atoms with E-state index in [1.807, 2.05) is 20.8 Å². The quantitative estimate of drug-likeness (QED) is 0.834. The molecule has 1 amide bonds. The van der Waals surface area contributed by atoms with E-state index in [1.165, 1.54) is 11.5 Å². The molecule has 0 fully saturated rings. The van der Waals surface area contributed by atoms with E-state index in [-0.39, 0.29) is 11.8 Å². The van der Waals surface area contributed by atoms with Gasteiger partial charge in [0.25, 0.3) is 0 Å². The third-order valence-electron chi connectivity index (χ3n) is 2.11. The normalized spacial score (nSPS) is 10.6. The lowest BCUT2D eigenvalue weighted by molar-refractivity contribution is -0.120. The molecular weight excluding hydrogens is 198 g/mol. The van der Waals surface area contributed by atoms with Crippen LogP contribution in [0.3, 0.4) is 0 Å². The molecule has 1 aromatic rings. The van der Waals surface area contributed by atoms with Crippen LogP contribution in [-0.4, -0.2) is 15.3 Å². The molecule has 0 saturated carbocycles. The van der Waals surface area contributed by atoms with E-state index in [1.54, 1.807) is 0 Å². The first-order chi connectivity index (χ1) is 6.67. The summed E-state index contributed by atoms with van der Waals surface area (Å²) in [6.07, 6.45) is 1.72. The number of carbonyl (C=O) groups excluding carboxylic acids is 1. The number of anilines is 1. The van der Waals surface area contributed by atoms with Gasteiger partial charge >= 0.3 is 0 Å². The molecule has 78 valence electrons. The van der Waals surface area contributed by atoms with Gasteiger partial charge in [0.15, 0.2) is 0 Å². The first-order valence-corrected chi connectivity index (χ1v) is 5.55. The van der Waals surface area contributed by atoms with Crippen LogP contribution in [0.1, 0.15) is 32.5 Å². The number of aromatic nitrogens is 2. The van der Waals surface area contributed by atoms with Crippen molar-refractivity contribution in [1.29, 1.82) is 0 Å². The maximum absolute atomic E-state index is 11.6. The van der Waals surface area contributed by atoms with Gasteiger partial charge in [-0.1, -0.05) is 13.8 Å². The lowest BCUT2D eigenvalue weighted by Gasteiger charge is -2.09. The molecule has 0 aliphatic carbocycles. The van der Waals surface area contributed by atoms with Crippen LogP contribution in [0.2, 0.25) is 0 Å². The van der Waals surface area contributed by atoms with Gasteiger partial charge in [-0.15, -0.1) is 0 Å². The second-order valence-corrected chi connectivity index (χ2v) is 3.90. The third-order valence-corrected chi connectivity index (χ3v) is 2.84. The minimum absolute atomic E-state index is 0.0474. The molecule has 0 aliphatic rings. The van der Waals surface area contributed by atoms with Crippen molar-refractivity contribution >= 4 is 22.6 Å². The van der Waals surface area contributed by atoms with E-state index >= 15 is 0 Å². The van der Waals surface area contributed by atoms with E-state index in [9.17, 15) is 4.79 Å². The first-order valence-electron chi connectivity index (χ1n) is 4.78.